The van der Waals surface area contributed by atoms with E-state index in [1.807, 2.05) is 0 Å². The lowest BCUT2D eigenvalue weighted by molar-refractivity contribution is -0.143. The van der Waals surface area contributed by atoms with E-state index in [9.17, 15) is 9.59 Å². The summed E-state index contributed by atoms with van der Waals surface area (Å²) in [6.45, 7) is 1.41. The molecule has 6 nitrogen and oxygen atoms in total. The number of anilines is 2. The van der Waals surface area contributed by atoms with E-state index in [0.717, 1.165) is 0 Å². The highest BCUT2D eigenvalue weighted by Gasteiger charge is 2.47. The van der Waals surface area contributed by atoms with Gasteiger partial charge in [0, 0.05) is 16.8 Å². The SMILES string of the molecule is COc1cccc(NC(=O)[C@]2(C)Oc3ccc(Cl)cc3NC2=O)c1. The average Bonchev–Trinajstić information content (AvgIpc) is 2.56. The number of amides is 2. The maximum Gasteiger partial charge on any atom is 0.278 e. The third-order valence-corrected chi connectivity index (χ3v) is 3.93. The number of rotatable bonds is 3. The Hall–Kier alpha value is -2.73. The first-order valence-corrected chi connectivity index (χ1v) is 7.56. The molecule has 0 bridgehead atoms. The zero-order valence-corrected chi connectivity index (χ0v) is 13.8. The van der Waals surface area contributed by atoms with Crippen molar-refractivity contribution in [2.24, 2.45) is 0 Å². The summed E-state index contributed by atoms with van der Waals surface area (Å²) in [5.74, 6) is -0.194. The smallest absolute Gasteiger partial charge is 0.278 e. The number of nitrogens with one attached hydrogen (secondary N) is 2. The van der Waals surface area contributed by atoms with Crippen molar-refractivity contribution in [3.05, 3.63) is 47.5 Å². The molecule has 0 saturated carbocycles. The van der Waals surface area contributed by atoms with Gasteiger partial charge in [0.15, 0.2) is 0 Å². The van der Waals surface area contributed by atoms with Crippen LogP contribution in [-0.2, 0) is 9.59 Å². The quantitative estimate of drug-likeness (QED) is 0.837. The van der Waals surface area contributed by atoms with Crippen LogP contribution >= 0.6 is 11.6 Å². The van der Waals surface area contributed by atoms with Gasteiger partial charge in [-0.3, -0.25) is 9.59 Å². The first-order valence-electron chi connectivity index (χ1n) is 7.18. The van der Waals surface area contributed by atoms with Gasteiger partial charge in [0.2, 0.25) is 0 Å². The van der Waals surface area contributed by atoms with Gasteiger partial charge in [-0.2, -0.15) is 0 Å². The minimum atomic E-state index is -1.70. The van der Waals surface area contributed by atoms with Gasteiger partial charge in [-0.05, 0) is 37.3 Å². The Kier molecular flexibility index (Phi) is 4.07. The van der Waals surface area contributed by atoms with Crippen LogP contribution in [0.15, 0.2) is 42.5 Å². The molecule has 2 amide bonds. The monoisotopic (exact) mass is 346 g/mol. The Balaban J connectivity index is 1.85. The average molecular weight is 347 g/mol. The predicted molar refractivity (Wildman–Crippen MR) is 90.7 cm³/mol. The summed E-state index contributed by atoms with van der Waals surface area (Å²) in [5.41, 5.74) is -0.776. The Morgan fingerprint density at radius 2 is 2.08 bits per heavy atom. The third-order valence-electron chi connectivity index (χ3n) is 3.70. The normalized spacial score (nSPS) is 18.9. The summed E-state index contributed by atoms with van der Waals surface area (Å²) in [7, 11) is 1.53. The molecule has 2 aromatic rings. The van der Waals surface area contributed by atoms with Crippen LogP contribution in [0.25, 0.3) is 0 Å². The fraction of sp³-hybridized carbons (Fsp3) is 0.176. The molecule has 2 aromatic carbocycles. The molecule has 0 saturated heterocycles. The highest BCUT2D eigenvalue weighted by molar-refractivity contribution is 6.31. The summed E-state index contributed by atoms with van der Waals surface area (Å²) >= 11 is 5.90. The molecule has 0 aromatic heterocycles. The topological polar surface area (TPSA) is 76.7 Å². The van der Waals surface area contributed by atoms with Crippen LogP contribution in [0.1, 0.15) is 6.92 Å². The number of hydrogen-bond acceptors (Lipinski definition) is 4. The van der Waals surface area contributed by atoms with Crippen molar-refractivity contribution < 1.29 is 19.1 Å². The zero-order chi connectivity index (χ0) is 17.3. The summed E-state index contributed by atoms with van der Waals surface area (Å²) in [6.07, 6.45) is 0. The molecule has 24 heavy (non-hydrogen) atoms. The highest BCUT2D eigenvalue weighted by atomic mass is 35.5. The third kappa shape index (κ3) is 2.88. The van der Waals surface area contributed by atoms with E-state index < -0.39 is 17.4 Å². The van der Waals surface area contributed by atoms with Crippen molar-refractivity contribution in [3.63, 3.8) is 0 Å². The minimum absolute atomic E-state index is 0.377. The molecule has 1 atom stereocenters. The number of halogens is 1. The zero-order valence-electron chi connectivity index (χ0n) is 13.1. The molecule has 1 aliphatic heterocycles. The number of carbonyl (C=O) groups excluding carboxylic acids is 2. The van der Waals surface area contributed by atoms with Gasteiger partial charge in [-0.25, -0.2) is 0 Å². The number of carbonyl (C=O) groups is 2. The predicted octanol–water partition coefficient (Wildman–Crippen LogP) is 3.08. The van der Waals surface area contributed by atoms with Gasteiger partial charge in [0.05, 0.1) is 12.8 Å². The number of methoxy groups -OCH3 is 1. The van der Waals surface area contributed by atoms with E-state index in [2.05, 4.69) is 10.6 Å². The standard InChI is InChI=1S/C17H15ClN2O4/c1-17(15(21)19-11-4-3-5-12(9-11)23-2)16(22)20-13-8-10(18)6-7-14(13)24-17/h3-9H,1-2H3,(H,19,21)(H,20,22)/t17-/m0/s1. The summed E-state index contributed by atoms with van der Waals surface area (Å²) in [5, 5.41) is 5.78. The van der Waals surface area contributed by atoms with E-state index in [0.29, 0.717) is 27.9 Å². The largest absolute Gasteiger partial charge is 0.497 e. The lowest BCUT2D eigenvalue weighted by Gasteiger charge is -2.33. The molecule has 124 valence electrons. The van der Waals surface area contributed by atoms with Crippen molar-refractivity contribution in [2.45, 2.75) is 12.5 Å². The lowest BCUT2D eigenvalue weighted by Crippen LogP contribution is -2.56. The highest BCUT2D eigenvalue weighted by Crippen LogP contribution is 2.36. The lowest BCUT2D eigenvalue weighted by atomic mass is 10.0. The molecule has 2 N–H and O–H groups in total. The van der Waals surface area contributed by atoms with Gasteiger partial charge in [0.25, 0.3) is 17.4 Å². The number of ether oxygens (including phenoxy) is 2. The fourth-order valence-electron chi connectivity index (χ4n) is 2.30. The molecular weight excluding hydrogens is 332 g/mol. The molecule has 7 heteroatoms. The van der Waals surface area contributed by atoms with Gasteiger partial charge < -0.3 is 20.1 Å². The van der Waals surface area contributed by atoms with Crippen molar-refractivity contribution in [3.8, 4) is 11.5 Å². The molecule has 3 rings (SSSR count). The van der Waals surface area contributed by atoms with E-state index in [-0.39, 0.29) is 0 Å². The summed E-state index contributed by atoms with van der Waals surface area (Å²) in [4.78, 5) is 25.0. The van der Waals surface area contributed by atoms with Gasteiger partial charge in [-0.1, -0.05) is 17.7 Å². The van der Waals surface area contributed by atoms with Crippen molar-refractivity contribution in [1.29, 1.82) is 0 Å². The van der Waals surface area contributed by atoms with E-state index >= 15 is 0 Å². The molecule has 0 radical (unpaired) electrons. The molecule has 0 aliphatic carbocycles. The second-order valence-electron chi connectivity index (χ2n) is 5.42. The number of hydrogen-bond donors (Lipinski definition) is 2. The summed E-state index contributed by atoms with van der Waals surface area (Å²) in [6, 6.07) is 11.6. The van der Waals surface area contributed by atoms with Crippen molar-refractivity contribution in [2.75, 3.05) is 17.7 Å². The maximum absolute atomic E-state index is 12.6. The Morgan fingerprint density at radius 1 is 1.29 bits per heavy atom. The Bertz CT molecular complexity index is 824. The number of benzene rings is 2. The Morgan fingerprint density at radius 3 is 2.83 bits per heavy atom. The van der Waals surface area contributed by atoms with Gasteiger partial charge >= 0.3 is 0 Å². The van der Waals surface area contributed by atoms with Crippen LogP contribution in [-0.4, -0.2) is 24.5 Å². The van der Waals surface area contributed by atoms with Crippen LogP contribution < -0.4 is 20.1 Å². The second-order valence-corrected chi connectivity index (χ2v) is 5.85. The molecular formula is C17H15ClN2O4. The van der Waals surface area contributed by atoms with E-state index in [4.69, 9.17) is 21.1 Å². The molecule has 0 fully saturated rings. The van der Waals surface area contributed by atoms with Crippen molar-refractivity contribution in [1.82, 2.24) is 0 Å². The summed E-state index contributed by atoms with van der Waals surface area (Å²) < 4.78 is 10.8. The van der Waals surface area contributed by atoms with Crippen LogP contribution in [0.4, 0.5) is 11.4 Å². The van der Waals surface area contributed by atoms with Crippen molar-refractivity contribution >= 4 is 34.8 Å². The van der Waals surface area contributed by atoms with Crippen LogP contribution in [0.5, 0.6) is 11.5 Å². The second kappa shape index (κ2) is 6.05. The first-order chi connectivity index (χ1) is 11.4. The van der Waals surface area contributed by atoms with E-state index in [1.54, 1.807) is 42.5 Å². The maximum atomic E-state index is 12.6. The fourth-order valence-corrected chi connectivity index (χ4v) is 2.47. The van der Waals surface area contributed by atoms with Crippen LogP contribution in [0.3, 0.4) is 0 Å². The van der Waals surface area contributed by atoms with Crippen LogP contribution in [0.2, 0.25) is 5.02 Å². The van der Waals surface area contributed by atoms with Gasteiger partial charge in [0.1, 0.15) is 11.5 Å². The van der Waals surface area contributed by atoms with E-state index in [1.165, 1.54) is 14.0 Å². The minimum Gasteiger partial charge on any atom is -0.497 e. The molecule has 1 heterocycles. The van der Waals surface area contributed by atoms with Crippen LogP contribution in [0, 0.1) is 0 Å². The number of fused-ring (bicyclic) bond motifs is 1. The molecule has 0 unspecified atom stereocenters. The molecule has 0 spiro atoms. The Labute approximate surface area is 143 Å². The first kappa shape index (κ1) is 16.1. The van der Waals surface area contributed by atoms with Gasteiger partial charge in [-0.15, -0.1) is 0 Å². The molecule has 1 aliphatic rings.